The number of nitrogens with one attached hydrogen (secondary N) is 1. The minimum absolute atomic E-state index is 0.235. The number of carbonyl (C=O) groups is 2. The number of hydrogen-bond acceptors (Lipinski definition) is 7. The van der Waals surface area contributed by atoms with Gasteiger partial charge in [-0.3, -0.25) is 13.8 Å². The van der Waals surface area contributed by atoms with Crippen molar-refractivity contribution in [1.29, 1.82) is 0 Å². The van der Waals surface area contributed by atoms with Gasteiger partial charge in [-0.25, -0.2) is 0 Å². The van der Waals surface area contributed by atoms with Crippen molar-refractivity contribution >= 4 is 22.0 Å². The minimum Gasteiger partial charge on any atom is -0.455 e. The lowest BCUT2D eigenvalue weighted by Crippen LogP contribution is -2.44. The van der Waals surface area contributed by atoms with Crippen LogP contribution in [0.1, 0.15) is 33.6 Å². The standard InChI is InChI=1S/C14H21NO7S/c1-4-14(2,3)13(17)15-6-9(16)21-10-7-5-8-11(20-7)12(10)22-23(8,18)19/h7-8,10-12H,4-6H2,1-3H3,(H,15,17). The molecule has 3 heterocycles. The van der Waals surface area contributed by atoms with Gasteiger partial charge in [0.15, 0.2) is 6.10 Å². The van der Waals surface area contributed by atoms with Gasteiger partial charge >= 0.3 is 5.97 Å². The summed E-state index contributed by atoms with van der Waals surface area (Å²) < 4.78 is 39.4. The molecule has 0 aromatic carbocycles. The smallest absolute Gasteiger partial charge is 0.325 e. The lowest BCUT2D eigenvalue weighted by Gasteiger charge is -2.23. The summed E-state index contributed by atoms with van der Waals surface area (Å²) in [5.41, 5.74) is -0.564. The van der Waals surface area contributed by atoms with Gasteiger partial charge in [-0.15, -0.1) is 0 Å². The molecule has 0 saturated carbocycles. The zero-order valence-electron chi connectivity index (χ0n) is 13.3. The Morgan fingerprint density at radius 1 is 1.30 bits per heavy atom. The van der Waals surface area contributed by atoms with E-state index in [1.54, 1.807) is 13.8 Å². The molecule has 8 nitrogen and oxygen atoms in total. The number of hydrogen-bond donors (Lipinski definition) is 1. The van der Waals surface area contributed by atoms with Crippen molar-refractivity contribution in [2.45, 2.75) is 63.3 Å². The zero-order valence-corrected chi connectivity index (χ0v) is 14.1. The molecule has 3 aliphatic rings. The van der Waals surface area contributed by atoms with Crippen molar-refractivity contribution in [2.24, 2.45) is 5.41 Å². The molecular formula is C14H21NO7S. The van der Waals surface area contributed by atoms with Crippen LogP contribution in [0.5, 0.6) is 0 Å². The monoisotopic (exact) mass is 347 g/mol. The molecule has 5 atom stereocenters. The Labute approximate surface area is 135 Å². The van der Waals surface area contributed by atoms with Crippen LogP contribution in [0.4, 0.5) is 0 Å². The second kappa shape index (κ2) is 5.42. The number of carbonyl (C=O) groups excluding carboxylic acids is 2. The second-order valence-corrected chi connectivity index (χ2v) is 8.63. The molecule has 0 aliphatic carbocycles. The molecule has 3 saturated heterocycles. The molecule has 0 aromatic rings. The van der Waals surface area contributed by atoms with E-state index in [1.165, 1.54) is 0 Å². The first kappa shape index (κ1) is 16.7. The summed E-state index contributed by atoms with van der Waals surface area (Å²) >= 11 is 0. The summed E-state index contributed by atoms with van der Waals surface area (Å²) in [5, 5.41) is 1.88. The van der Waals surface area contributed by atoms with Crippen LogP contribution in [0.2, 0.25) is 0 Å². The highest BCUT2D eigenvalue weighted by atomic mass is 32.2. The number of ether oxygens (including phenoxy) is 2. The molecule has 5 unspecified atom stereocenters. The van der Waals surface area contributed by atoms with Gasteiger partial charge in [0, 0.05) is 5.41 Å². The molecular weight excluding hydrogens is 326 g/mol. The van der Waals surface area contributed by atoms with Gasteiger partial charge in [0.2, 0.25) is 5.91 Å². The number of fused-ring (bicyclic) bond motifs is 1. The normalized spacial score (nSPS) is 36.9. The van der Waals surface area contributed by atoms with Gasteiger partial charge < -0.3 is 14.8 Å². The SMILES string of the molecule is CCC(C)(C)C(=O)NCC(=O)OC1C2CC3C(O2)C1OS3(=O)=O. The Kier molecular flexibility index (Phi) is 3.93. The lowest BCUT2D eigenvalue weighted by molar-refractivity contribution is -0.154. The fraction of sp³-hybridized carbons (Fsp3) is 0.857. The van der Waals surface area contributed by atoms with Crippen LogP contribution in [0, 0.1) is 5.41 Å². The highest BCUT2D eigenvalue weighted by Gasteiger charge is 2.67. The molecule has 1 N–H and O–H groups in total. The van der Waals surface area contributed by atoms with E-state index in [-0.39, 0.29) is 18.9 Å². The van der Waals surface area contributed by atoms with Gasteiger partial charge in [0.25, 0.3) is 10.1 Å². The third kappa shape index (κ3) is 2.74. The summed E-state index contributed by atoms with van der Waals surface area (Å²) in [6.45, 7) is 5.20. The van der Waals surface area contributed by atoms with E-state index in [2.05, 4.69) is 5.32 Å². The van der Waals surface area contributed by atoms with Crippen LogP contribution < -0.4 is 5.32 Å². The van der Waals surface area contributed by atoms with E-state index < -0.39 is 51.2 Å². The summed E-state index contributed by atoms with van der Waals surface area (Å²) in [7, 11) is -3.63. The summed E-state index contributed by atoms with van der Waals surface area (Å²) in [6.07, 6.45) is -1.61. The predicted octanol–water partition coefficient (Wildman–Crippen LogP) is -0.281. The zero-order chi connectivity index (χ0) is 17.0. The number of esters is 1. The maximum absolute atomic E-state index is 11.9. The molecule has 23 heavy (non-hydrogen) atoms. The van der Waals surface area contributed by atoms with E-state index in [4.69, 9.17) is 13.7 Å². The number of amides is 1. The highest BCUT2D eigenvalue weighted by molar-refractivity contribution is 7.87. The molecule has 9 heteroatoms. The van der Waals surface area contributed by atoms with Crippen molar-refractivity contribution in [3.8, 4) is 0 Å². The first-order valence-electron chi connectivity index (χ1n) is 7.71. The fourth-order valence-corrected chi connectivity index (χ4v) is 4.76. The molecule has 0 radical (unpaired) electrons. The Morgan fingerprint density at radius 2 is 2.00 bits per heavy atom. The summed E-state index contributed by atoms with van der Waals surface area (Å²) in [4.78, 5) is 23.9. The van der Waals surface area contributed by atoms with Crippen LogP contribution >= 0.6 is 0 Å². The van der Waals surface area contributed by atoms with E-state index in [1.807, 2.05) is 6.92 Å². The molecule has 3 aliphatic heterocycles. The Morgan fingerprint density at radius 3 is 2.65 bits per heavy atom. The van der Waals surface area contributed by atoms with Crippen LogP contribution in [0.25, 0.3) is 0 Å². The first-order valence-corrected chi connectivity index (χ1v) is 9.18. The average Bonchev–Trinajstić information content (AvgIpc) is 3.08. The quantitative estimate of drug-likeness (QED) is 0.538. The van der Waals surface area contributed by atoms with Crippen molar-refractivity contribution in [2.75, 3.05) is 6.54 Å². The largest absolute Gasteiger partial charge is 0.455 e. The van der Waals surface area contributed by atoms with Crippen molar-refractivity contribution in [3.63, 3.8) is 0 Å². The molecule has 0 aromatic heterocycles. The molecule has 1 amide bonds. The Balaban J connectivity index is 1.55. The van der Waals surface area contributed by atoms with E-state index >= 15 is 0 Å². The molecule has 3 rings (SSSR count). The van der Waals surface area contributed by atoms with Gasteiger partial charge in [-0.05, 0) is 12.8 Å². The van der Waals surface area contributed by atoms with Gasteiger partial charge in [0.1, 0.15) is 24.0 Å². The van der Waals surface area contributed by atoms with Crippen molar-refractivity contribution < 1.29 is 31.7 Å². The highest BCUT2D eigenvalue weighted by Crippen LogP contribution is 2.47. The predicted molar refractivity (Wildman–Crippen MR) is 77.8 cm³/mol. The van der Waals surface area contributed by atoms with E-state index in [0.29, 0.717) is 6.42 Å². The Bertz CT molecular complexity index is 629. The van der Waals surface area contributed by atoms with Crippen LogP contribution in [0.3, 0.4) is 0 Å². The summed E-state index contributed by atoms with van der Waals surface area (Å²) in [5.74, 6) is -0.864. The minimum atomic E-state index is -3.63. The van der Waals surface area contributed by atoms with E-state index in [9.17, 15) is 18.0 Å². The van der Waals surface area contributed by atoms with Gasteiger partial charge in [-0.1, -0.05) is 20.8 Å². The fourth-order valence-electron chi connectivity index (χ4n) is 3.11. The second-order valence-electron chi connectivity index (χ2n) is 6.84. The molecule has 130 valence electrons. The molecule has 0 spiro atoms. The molecule has 2 bridgehead atoms. The third-order valence-corrected chi connectivity index (χ3v) is 6.65. The third-order valence-electron chi connectivity index (χ3n) is 4.95. The van der Waals surface area contributed by atoms with Gasteiger partial charge in [0.05, 0.1) is 6.10 Å². The lowest BCUT2D eigenvalue weighted by atomic mass is 9.89. The maximum atomic E-state index is 11.9. The first-order chi connectivity index (χ1) is 10.7. The van der Waals surface area contributed by atoms with Crippen molar-refractivity contribution in [1.82, 2.24) is 5.32 Å². The molecule has 3 fully saturated rings. The van der Waals surface area contributed by atoms with E-state index in [0.717, 1.165) is 0 Å². The van der Waals surface area contributed by atoms with Crippen LogP contribution in [-0.4, -0.2) is 56.5 Å². The van der Waals surface area contributed by atoms with Crippen LogP contribution in [-0.2, 0) is 33.4 Å². The summed E-state index contributed by atoms with van der Waals surface area (Å²) in [6, 6.07) is 0. The average molecular weight is 347 g/mol. The number of rotatable bonds is 5. The van der Waals surface area contributed by atoms with Gasteiger partial charge in [-0.2, -0.15) is 8.42 Å². The Hall–Kier alpha value is -1.19. The van der Waals surface area contributed by atoms with Crippen molar-refractivity contribution in [3.05, 3.63) is 0 Å². The maximum Gasteiger partial charge on any atom is 0.325 e. The topological polar surface area (TPSA) is 108 Å². The van der Waals surface area contributed by atoms with Crippen LogP contribution in [0.15, 0.2) is 0 Å².